The molecule has 0 atom stereocenters. The van der Waals surface area contributed by atoms with Gasteiger partial charge in [0.05, 0.1) is 36.4 Å². The fourth-order valence-electron chi connectivity index (χ4n) is 1.37. The van der Waals surface area contributed by atoms with Gasteiger partial charge in [0, 0.05) is 5.41 Å². The van der Waals surface area contributed by atoms with Crippen molar-refractivity contribution in [2.45, 2.75) is 80.4 Å². The van der Waals surface area contributed by atoms with Gasteiger partial charge in [-0.2, -0.15) is 0 Å². The average molecular weight is 316 g/mol. The molecule has 132 valence electrons. The van der Waals surface area contributed by atoms with Crippen molar-refractivity contribution in [3.05, 3.63) is 0 Å². The molecule has 0 rings (SSSR count). The number of carbonyl (C=O) groups excluding carboxylic acids is 1. The van der Waals surface area contributed by atoms with Crippen LogP contribution in [0, 0.1) is 10.8 Å². The zero-order valence-corrected chi connectivity index (χ0v) is 16.3. The van der Waals surface area contributed by atoms with Crippen molar-refractivity contribution in [2.24, 2.45) is 10.8 Å². The summed E-state index contributed by atoms with van der Waals surface area (Å²) >= 11 is 0. The summed E-state index contributed by atoms with van der Waals surface area (Å²) in [6.45, 7) is 20.9. The number of hydrogen-bond acceptors (Lipinski definition) is 4. The predicted octanol–water partition coefficient (Wildman–Crippen LogP) is 4.21. The lowest BCUT2D eigenvalue weighted by Crippen LogP contribution is -2.38. The minimum atomic E-state index is -0.658. The predicted molar refractivity (Wildman–Crippen MR) is 89.9 cm³/mol. The summed E-state index contributed by atoms with van der Waals surface area (Å²) in [5.41, 5.74) is -1.34. The van der Waals surface area contributed by atoms with Gasteiger partial charge in [0.15, 0.2) is 0 Å². The van der Waals surface area contributed by atoms with Gasteiger partial charge < -0.3 is 14.2 Å². The van der Waals surface area contributed by atoms with Gasteiger partial charge in [0.2, 0.25) is 0 Å². The third-order valence-corrected chi connectivity index (χ3v) is 2.91. The smallest absolute Gasteiger partial charge is 0.313 e. The molecule has 0 fully saturated rings. The molecule has 0 saturated carbocycles. The Hall–Kier alpha value is -0.610. The molecule has 0 aliphatic heterocycles. The van der Waals surface area contributed by atoms with E-state index < -0.39 is 5.41 Å². The minimum absolute atomic E-state index is 0.193. The van der Waals surface area contributed by atoms with E-state index in [4.69, 9.17) is 14.2 Å². The van der Waals surface area contributed by atoms with Crippen LogP contribution in [0.5, 0.6) is 0 Å². The van der Waals surface area contributed by atoms with Crippen LogP contribution >= 0.6 is 0 Å². The van der Waals surface area contributed by atoms with E-state index in [1.165, 1.54) is 0 Å². The van der Waals surface area contributed by atoms with E-state index in [9.17, 15) is 4.79 Å². The Balaban J connectivity index is 4.41. The third-order valence-electron chi connectivity index (χ3n) is 2.91. The molecule has 0 amide bonds. The molecule has 0 radical (unpaired) electrons. The molecule has 0 spiro atoms. The summed E-state index contributed by atoms with van der Waals surface area (Å²) < 4.78 is 17.0. The Kier molecular flexibility index (Phi) is 7.10. The molecule has 0 aliphatic carbocycles. The van der Waals surface area contributed by atoms with E-state index in [2.05, 4.69) is 0 Å². The molecule has 4 nitrogen and oxygen atoms in total. The van der Waals surface area contributed by atoms with Gasteiger partial charge in [-0.1, -0.05) is 13.8 Å². The summed E-state index contributed by atoms with van der Waals surface area (Å²) in [5.74, 6) is -0.236. The molecular formula is C18H36O4. The highest BCUT2D eigenvalue weighted by atomic mass is 16.5. The molecule has 0 N–H and O–H groups in total. The summed E-state index contributed by atoms with van der Waals surface area (Å²) in [6.07, 6.45) is 0. The van der Waals surface area contributed by atoms with Gasteiger partial charge in [-0.25, -0.2) is 0 Å². The zero-order valence-electron chi connectivity index (χ0n) is 16.3. The normalized spacial score (nSPS) is 14.1. The number of hydrogen-bond donors (Lipinski definition) is 0. The summed E-state index contributed by atoms with van der Waals surface area (Å²) in [7, 11) is 0. The first-order chi connectivity index (χ1) is 9.54. The van der Waals surface area contributed by atoms with Crippen molar-refractivity contribution in [3.8, 4) is 0 Å². The molecule has 22 heavy (non-hydrogen) atoms. The van der Waals surface area contributed by atoms with Crippen LogP contribution in [-0.4, -0.2) is 37.0 Å². The van der Waals surface area contributed by atoms with Gasteiger partial charge in [-0.3, -0.25) is 4.79 Å². The topological polar surface area (TPSA) is 44.8 Å². The van der Waals surface area contributed by atoms with Crippen LogP contribution in [0.25, 0.3) is 0 Å². The van der Waals surface area contributed by atoms with Gasteiger partial charge in [0.1, 0.15) is 0 Å². The molecule has 0 heterocycles. The number of carbonyl (C=O) groups is 1. The molecule has 4 heteroatoms. The highest BCUT2D eigenvalue weighted by molar-refractivity contribution is 5.76. The lowest BCUT2D eigenvalue weighted by molar-refractivity contribution is -0.165. The summed E-state index contributed by atoms with van der Waals surface area (Å²) in [6, 6.07) is 0. The monoisotopic (exact) mass is 316 g/mol. The fraction of sp³-hybridized carbons (Fsp3) is 0.944. The van der Waals surface area contributed by atoms with E-state index in [1.54, 1.807) is 0 Å². The maximum atomic E-state index is 12.3. The van der Waals surface area contributed by atoms with Crippen molar-refractivity contribution in [1.29, 1.82) is 0 Å². The van der Waals surface area contributed by atoms with Crippen LogP contribution in [0.4, 0.5) is 0 Å². The second kappa shape index (κ2) is 7.31. The highest BCUT2D eigenvalue weighted by Gasteiger charge is 2.33. The minimum Gasteiger partial charge on any atom is -0.465 e. The highest BCUT2D eigenvalue weighted by Crippen LogP contribution is 2.25. The van der Waals surface area contributed by atoms with Crippen molar-refractivity contribution < 1.29 is 19.0 Å². The van der Waals surface area contributed by atoms with Crippen molar-refractivity contribution in [2.75, 3.05) is 19.8 Å². The first kappa shape index (κ1) is 21.4. The Morgan fingerprint density at radius 2 is 1.09 bits per heavy atom. The van der Waals surface area contributed by atoms with Crippen LogP contribution < -0.4 is 0 Å². The largest absolute Gasteiger partial charge is 0.465 e. The second-order valence-electron chi connectivity index (χ2n) is 9.43. The van der Waals surface area contributed by atoms with E-state index in [1.807, 2.05) is 69.2 Å². The molecular weight excluding hydrogens is 280 g/mol. The summed E-state index contributed by atoms with van der Waals surface area (Å²) in [4.78, 5) is 12.3. The lowest BCUT2D eigenvalue weighted by Gasteiger charge is -2.32. The third kappa shape index (κ3) is 10.2. The zero-order chi connectivity index (χ0) is 17.8. The molecule has 0 aliphatic rings. The maximum absolute atomic E-state index is 12.3. The van der Waals surface area contributed by atoms with Gasteiger partial charge in [-0.05, 0) is 55.4 Å². The van der Waals surface area contributed by atoms with Gasteiger partial charge in [0.25, 0.3) is 0 Å². The first-order valence-electron chi connectivity index (χ1n) is 7.99. The Morgan fingerprint density at radius 3 is 1.50 bits per heavy atom. The first-order valence-corrected chi connectivity index (χ1v) is 7.99. The van der Waals surface area contributed by atoms with Crippen molar-refractivity contribution >= 4 is 5.97 Å². The molecule has 0 saturated heterocycles. The van der Waals surface area contributed by atoms with Crippen molar-refractivity contribution in [3.63, 3.8) is 0 Å². The maximum Gasteiger partial charge on any atom is 0.313 e. The molecule has 0 aromatic rings. The Bertz CT molecular complexity index is 356. The average Bonchev–Trinajstić information content (AvgIpc) is 2.30. The second-order valence-corrected chi connectivity index (χ2v) is 9.43. The molecule has 0 unspecified atom stereocenters. The Labute approximate surface area is 136 Å². The number of esters is 1. The fourth-order valence-corrected chi connectivity index (χ4v) is 1.37. The van der Waals surface area contributed by atoms with E-state index in [0.29, 0.717) is 19.8 Å². The van der Waals surface area contributed by atoms with Crippen molar-refractivity contribution in [1.82, 2.24) is 0 Å². The van der Waals surface area contributed by atoms with E-state index in [-0.39, 0.29) is 22.6 Å². The van der Waals surface area contributed by atoms with Gasteiger partial charge in [-0.15, -0.1) is 0 Å². The SMILES string of the molecule is CC(C)(COC(=O)C(C)(C)COC(C)(C)C)COC(C)(C)C. The molecule has 0 aromatic carbocycles. The van der Waals surface area contributed by atoms with E-state index >= 15 is 0 Å². The van der Waals surface area contributed by atoms with Crippen LogP contribution in [0.2, 0.25) is 0 Å². The number of rotatable bonds is 7. The quantitative estimate of drug-likeness (QED) is 0.660. The molecule has 0 aromatic heterocycles. The van der Waals surface area contributed by atoms with Crippen LogP contribution in [-0.2, 0) is 19.0 Å². The van der Waals surface area contributed by atoms with Crippen LogP contribution in [0.3, 0.4) is 0 Å². The van der Waals surface area contributed by atoms with Crippen LogP contribution in [0.15, 0.2) is 0 Å². The molecule has 0 bridgehead atoms. The standard InChI is InChI=1S/C18H36O4/c1-15(2,3)21-12-17(7,8)11-20-14(19)18(9,10)13-22-16(4,5)6/h11-13H2,1-10H3. The Morgan fingerprint density at radius 1 is 0.682 bits per heavy atom. The number of ether oxygens (including phenoxy) is 3. The van der Waals surface area contributed by atoms with Gasteiger partial charge >= 0.3 is 5.97 Å². The lowest BCUT2D eigenvalue weighted by atomic mass is 9.93. The van der Waals surface area contributed by atoms with E-state index in [0.717, 1.165) is 0 Å². The van der Waals surface area contributed by atoms with Crippen LogP contribution in [0.1, 0.15) is 69.2 Å². The summed E-state index contributed by atoms with van der Waals surface area (Å²) in [5, 5.41) is 0.